The molecule has 30 heavy (non-hydrogen) atoms. The first-order valence-electron chi connectivity index (χ1n) is 9.95. The van der Waals surface area contributed by atoms with E-state index in [4.69, 9.17) is 9.73 Å². The summed E-state index contributed by atoms with van der Waals surface area (Å²) in [6.07, 6.45) is 1.93. The summed E-state index contributed by atoms with van der Waals surface area (Å²) in [5.41, 5.74) is 4.04. The average molecular weight is 417 g/mol. The number of aliphatic imine (C=N–C) groups is 1. The zero-order valence-corrected chi connectivity index (χ0v) is 18.4. The Hall–Kier alpha value is -3.05. The summed E-state index contributed by atoms with van der Waals surface area (Å²) in [4.78, 5) is 20.4. The number of likely N-dealkylation sites (N-methyl/N-ethyl adjacent to an activating group) is 1. The SMILES string of the molecule is CCN1C(=O)/C(=C\c2c(OC)ccc3ccccc23)SC1=Nc1cc(C)ccc1C. The molecule has 0 aromatic heterocycles. The molecule has 4 nitrogen and oxygen atoms in total. The predicted octanol–water partition coefficient (Wildman–Crippen LogP) is 6.09. The number of amides is 1. The van der Waals surface area contributed by atoms with Crippen molar-refractivity contribution in [2.24, 2.45) is 4.99 Å². The zero-order valence-electron chi connectivity index (χ0n) is 17.6. The maximum atomic E-state index is 13.1. The second kappa shape index (κ2) is 8.36. The normalized spacial score (nSPS) is 16.8. The van der Waals surface area contributed by atoms with Crippen LogP contribution in [0.4, 0.5) is 5.69 Å². The monoisotopic (exact) mass is 416 g/mol. The van der Waals surface area contributed by atoms with Crippen LogP contribution in [0.15, 0.2) is 64.5 Å². The van der Waals surface area contributed by atoms with Gasteiger partial charge >= 0.3 is 0 Å². The standard InChI is InChI=1S/C25H24N2O2S/c1-5-27-24(28)23(30-25(27)26-21-14-16(2)10-11-17(21)3)15-20-19-9-7-6-8-18(19)12-13-22(20)29-4/h6-15H,5H2,1-4H3/b23-15+,26-25?. The molecular weight excluding hydrogens is 392 g/mol. The summed E-state index contributed by atoms with van der Waals surface area (Å²) in [5, 5.41) is 2.87. The summed E-state index contributed by atoms with van der Waals surface area (Å²) >= 11 is 1.42. The molecule has 1 aliphatic heterocycles. The molecule has 3 aromatic carbocycles. The second-order valence-electron chi connectivity index (χ2n) is 7.25. The van der Waals surface area contributed by atoms with Gasteiger partial charge in [0.15, 0.2) is 5.17 Å². The van der Waals surface area contributed by atoms with Gasteiger partial charge in [0.1, 0.15) is 5.75 Å². The lowest BCUT2D eigenvalue weighted by Crippen LogP contribution is -2.28. The maximum absolute atomic E-state index is 13.1. The molecule has 0 spiro atoms. The molecule has 0 aliphatic carbocycles. The summed E-state index contributed by atoms with van der Waals surface area (Å²) in [5.74, 6) is 0.721. The molecule has 0 saturated carbocycles. The van der Waals surface area contributed by atoms with Crippen molar-refractivity contribution in [1.29, 1.82) is 0 Å². The average Bonchev–Trinajstić information content (AvgIpc) is 3.05. The van der Waals surface area contributed by atoms with Crippen LogP contribution in [-0.2, 0) is 4.79 Å². The maximum Gasteiger partial charge on any atom is 0.266 e. The van der Waals surface area contributed by atoms with Crippen LogP contribution in [0.1, 0.15) is 23.6 Å². The lowest BCUT2D eigenvalue weighted by molar-refractivity contribution is -0.122. The molecule has 1 amide bonds. The number of carbonyl (C=O) groups is 1. The van der Waals surface area contributed by atoms with Crippen LogP contribution in [0.25, 0.3) is 16.8 Å². The van der Waals surface area contributed by atoms with Crippen molar-refractivity contribution in [2.45, 2.75) is 20.8 Å². The number of aryl methyl sites for hydroxylation is 2. The van der Waals surface area contributed by atoms with Crippen molar-refractivity contribution < 1.29 is 9.53 Å². The molecular formula is C25H24N2O2S. The van der Waals surface area contributed by atoms with Crippen molar-refractivity contribution in [3.05, 3.63) is 76.2 Å². The topological polar surface area (TPSA) is 41.9 Å². The number of rotatable bonds is 4. The van der Waals surface area contributed by atoms with Gasteiger partial charge < -0.3 is 4.74 Å². The Morgan fingerprint density at radius 3 is 2.67 bits per heavy atom. The van der Waals surface area contributed by atoms with E-state index >= 15 is 0 Å². The van der Waals surface area contributed by atoms with Crippen LogP contribution < -0.4 is 4.74 Å². The van der Waals surface area contributed by atoms with Crippen LogP contribution in [-0.4, -0.2) is 29.6 Å². The van der Waals surface area contributed by atoms with Gasteiger partial charge in [0, 0.05) is 12.1 Å². The van der Waals surface area contributed by atoms with E-state index in [0.717, 1.165) is 38.9 Å². The Morgan fingerprint density at radius 1 is 1.10 bits per heavy atom. The van der Waals surface area contributed by atoms with Crippen LogP contribution >= 0.6 is 11.8 Å². The number of fused-ring (bicyclic) bond motifs is 1. The largest absolute Gasteiger partial charge is 0.496 e. The van der Waals surface area contributed by atoms with E-state index in [-0.39, 0.29) is 5.91 Å². The van der Waals surface area contributed by atoms with Crippen molar-refractivity contribution >= 4 is 45.4 Å². The molecule has 0 radical (unpaired) electrons. The highest BCUT2D eigenvalue weighted by Crippen LogP contribution is 2.38. The summed E-state index contributed by atoms with van der Waals surface area (Å²) in [6, 6.07) is 18.3. The third-order valence-electron chi connectivity index (χ3n) is 5.21. The van der Waals surface area contributed by atoms with E-state index in [1.807, 2.05) is 51.1 Å². The van der Waals surface area contributed by atoms with Gasteiger partial charge in [-0.25, -0.2) is 4.99 Å². The van der Waals surface area contributed by atoms with E-state index in [9.17, 15) is 4.79 Å². The minimum atomic E-state index is -0.0263. The first-order chi connectivity index (χ1) is 14.5. The number of methoxy groups -OCH3 is 1. The fourth-order valence-electron chi connectivity index (χ4n) is 3.55. The molecule has 4 rings (SSSR count). The van der Waals surface area contributed by atoms with E-state index in [0.29, 0.717) is 16.6 Å². The number of hydrogen-bond donors (Lipinski definition) is 0. The smallest absolute Gasteiger partial charge is 0.266 e. The lowest BCUT2D eigenvalue weighted by atomic mass is 10.0. The number of carbonyl (C=O) groups excluding carboxylic acids is 1. The van der Waals surface area contributed by atoms with Crippen LogP contribution in [0.3, 0.4) is 0 Å². The molecule has 5 heteroatoms. The highest BCUT2D eigenvalue weighted by Gasteiger charge is 2.32. The van der Waals surface area contributed by atoms with Crippen molar-refractivity contribution in [3.63, 3.8) is 0 Å². The molecule has 3 aromatic rings. The molecule has 1 heterocycles. The van der Waals surface area contributed by atoms with E-state index < -0.39 is 0 Å². The van der Waals surface area contributed by atoms with E-state index in [1.54, 1.807) is 12.0 Å². The van der Waals surface area contributed by atoms with Gasteiger partial charge in [-0.2, -0.15) is 0 Å². The summed E-state index contributed by atoms with van der Waals surface area (Å²) in [6.45, 7) is 6.62. The van der Waals surface area contributed by atoms with Crippen LogP contribution in [0.5, 0.6) is 5.75 Å². The van der Waals surface area contributed by atoms with Gasteiger partial charge in [-0.3, -0.25) is 9.69 Å². The molecule has 0 N–H and O–H groups in total. The molecule has 1 saturated heterocycles. The quantitative estimate of drug-likeness (QED) is 0.483. The fourth-order valence-corrected chi connectivity index (χ4v) is 4.58. The van der Waals surface area contributed by atoms with Gasteiger partial charge in [-0.05, 0) is 72.6 Å². The van der Waals surface area contributed by atoms with Crippen molar-refractivity contribution in [3.8, 4) is 5.75 Å². The fraction of sp³-hybridized carbons (Fsp3) is 0.200. The Labute approximate surface area is 181 Å². The first-order valence-corrected chi connectivity index (χ1v) is 10.8. The van der Waals surface area contributed by atoms with Gasteiger partial charge in [0.2, 0.25) is 0 Å². The molecule has 0 bridgehead atoms. The number of amidine groups is 1. The van der Waals surface area contributed by atoms with E-state index in [1.165, 1.54) is 11.8 Å². The molecule has 0 atom stereocenters. The number of hydrogen-bond acceptors (Lipinski definition) is 4. The Balaban J connectivity index is 1.81. The minimum Gasteiger partial charge on any atom is -0.496 e. The number of nitrogens with zero attached hydrogens (tertiary/aromatic N) is 2. The number of thioether (sulfide) groups is 1. The predicted molar refractivity (Wildman–Crippen MR) is 126 cm³/mol. The highest BCUT2D eigenvalue weighted by molar-refractivity contribution is 8.18. The lowest BCUT2D eigenvalue weighted by Gasteiger charge is -2.13. The summed E-state index contributed by atoms with van der Waals surface area (Å²) < 4.78 is 5.59. The Bertz CT molecular complexity index is 1200. The van der Waals surface area contributed by atoms with Gasteiger partial charge in [-0.1, -0.05) is 42.5 Å². The third kappa shape index (κ3) is 3.73. The number of benzene rings is 3. The molecule has 1 fully saturated rings. The minimum absolute atomic E-state index is 0.0263. The summed E-state index contributed by atoms with van der Waals surface area (Å²) in [7, 11) is 1.65. The van der Waals surface area contributed by atoms with Crippen molar-refractivity contribution in [1.82, 2.24) is 4.90 Å². The Morgan fingerprint density at radius 2 is 1.90 bits per heavy atom. The molecule has 152 valence electrons. The van der Waals surface area contributed by atoms with Gasteiger partial charge in [-0.15, -0.1) is 0 Å². The first kappa shape index (κ1) is 20.2. The van der Waals surface area contributed by atoms with Crippen LogP contribution in [0.2, 0.25) is 0 Å². The molecule has 1 aliphatic rings. The zero-order chi connectivity index (χ0) is 21.3. The van der Waals surface area contributed by atoms with E-state index in [2.05, 4.69) is 30.3 Å². The highest BCUT2D eigenvalue weighted by atomic mass is 32.2. The molecule has 0 unspecified atom stereocenters. The van der Waals surface area contributed by atoms with Gasteiger partial charge in [0.05, 0.1) is 17.7 Å². The van der Waals surface area contributed by atoms with Crippen LogP contribution in [0, 0.1) is 13.8 Å². The third-order valence-corrected chi connectivity index (χ3v) is 6.22. The number of ether oxygens (including phenoxy) is 1. The second-order valence-corrected chi connectivity index (χ2v) is 8.26. The Kier molecular flexibility index (Phi) is 5.64. The van der Waals surface area contributed by atoms with Crippen molar-refractivity contribution in [2.75, 3.05) is 13.7 Å². The van der Waals surface area contributed by atoms with Gasteiger partial charge in [0.25, 0.3) is 5.91 Å².